The molecule has 0 atom stereocenters. The van der Waals surface area contributed by atoms with Gasteiger partial charge in [-0.1, -0.05) is 17.7 Å². The SMILES string of the molecule is O=C(CCn1cnc2sc3c(c2c1=O)CCCC3)N1CCN(Cc2c(F)cccc2Cl)CC1. The Morgan fingerprint density at radius 2 is 1.94 bits per heavy atom. The number of carbonyl (C=O) groups excluding carboxylic acids is 1. The molecule has 1 saturated heterocycles. The molecule has 1 aliphatic carbocycles. The third-order valence-electron chi connectivity index (χ3n) is 6.68. The summed E-state index contributed by atoms with van der Waals surface area (Å²) >= 11 is 7.78. The Hall–Kier alpha value is -2.29. The standard InChI is InChI=1S/C24H26ClFN4O2S/c25-18-5-3-6-19(26)17(18)14-28-10-12-29(13-11-28)21(31)8-9-30-15-27-23-22(24(30)32)16-4-1-2-7-20(16)33-23/h3,5-6,15H,1-2,4,7-14H2. The highest BCUT2D eigenvalue weighted by Crippen LogP contribution is 2.33. The number of thiophene rings is 1. The molecule has 5 rings (SSSR count). The first-order valence-electron chi connectivity index (χ1n) is 11.4. The molecule has 3 aromatic rings. The first-order valence-corrected chi connectivity index (χ1v) is 12.6. The second-order valence-corrected chi connectivity index (χ2v) is 10.2. The zero-order valence-electron chi connectivity index (χ0n) is 18.4. The minimum Gasteiger partial charge on any atom is -0.340 e. The van der Waals surface area contributed by atoms with Crippen LogP contribution in [0.25, 0.3) is 10.2 Å². The van der Waals surface area contributed by atoms with Gasteiger partial charge in [-0.15, -0.1) is 11.3 Å². The lowest BCUT2D eigenvalue weighted by Gasteiger charge is -2.35. The number of halogens is 2. The van der Waals surface area contributed by atoms with Gasteiger partial charge in [0.1, 0.15) is 10.6 Å². The highest BCUT2D eigenvalue weighted by atomic mass is 35.5. The number of aryl methyl sites for hydroxylation is 3. The minimum absolute atomic E-state index is 0.0259. The van der Waals surface area contributed by atoms with E-state index in [1.54, 1.807) is 34.4 Å². The van der Waals surface area contributed by atoms with E-state index in [-0.39, 0.29) is 23.7 Å². The molecule has 33 heavy (non-hydrogen) atoms. The largest absolute Gasteiger partial charge is 0.340 e. The van der Waals surface area contributed by atoms with Crippen LogP contribution < -0.4 is 5.56 Å². The van der Waals surface area contributed by atoms with E-state index < -0.39 is 0 Å². The lowest BCUT2D eigenvalue weighted by Crippen LogP contribution is -2.48. The molecule has 1 amide bonds. The summed E-state index contributed by atoms with van der Waals surface area (Å²) in [5.74, 6) is -0.276. The third-order valence-corrected chi connectivity index (χ3v) is 8.23. The van der Waals surface area contributed by atoms with E-state index in [9.17, 15) is 14.0 Å². The Morgan fingerprint density at radius 3 is 2.73 bits per heavy atom. The van der Waals surface area contributed by atoms with Crippen molar-refractivity contribution in [1.29, 1.82) is 0 Å². The second-order valence-electron chi connectivity index (χ2n) is 8.74. The molecule has 2 aliphatic rings. The van der Waals surface area contributed by atoms with E-state index in [1.165, 1.54) is 22.9 Å². The van der Waals surface area contributed by atoms with Crippen LogP contribution in [-0.4, -0.2) is 51.4 Å². The van der Waals surface area contributed by atoms with Crippen molar-refractivity contribution in [3.63, 3.8) is 0 Å². The van der Waals surface area contributed by atoms with Gasteiger partial charge in [-0.2, -0.15) is 0 Å². The number of piperazine rings is 1. The number of carbonyl (C=O) groups is 1. The normalized spacial score (nSPS) is 16.8. The van der Waals surface area contributed by atoms with Crippen LogP contribution >= 0.6 is 22.9 Å². The van der Waals surface area contributed by atoms with Crippen LogP contribution in [-0.2, 0) is 30.7 Å². The Kier molecular flexibility index (Phi) is 6.49. The lowest BCUT2D eigenvalue weighted by atomic mass is 9.97. The number of hydrogen-bond donors (Lipinski definition) is 0. The highest BCUT2D eigenvalue weighted by Gasteiger charge is 2.23. The molecule has 1 fully saturated rings. The van der Waals surface area contributed by atoms with Gasteiger partial charge in [-0.25, -0.2) is 9.37 Å². The maximum Gasteiger partial charge on any atom is 0.262 e. The van der Waals surface area contributed by atoms with E-state index in [4.69, 9.17) is 11.6 Å². The molecule has 2 aromatic heterocycles. The molecule has 0 radical (unpaired) electrons. The van der Waals surface area contributed by atoms with Crippen molar-refractivity contribution < 1.29 is 9.18 Å². The number of fused-ring (bicyclic) bond motifs is 3. The summed E-state index contributed by atoms with van der Waals surface area (Å²) in [6.45, 7) is 3.23. The molecule has 174 valence electrons. The van der Waals surface area contributed by atoms with Gasteiger partial charge in [-0.05, 0) is 43.4 Å². The smallest absolute Gasteiger partial charge is 0.262 e. The predicted molar refractivity (Wildman–Crippen MR) is 128 cm³/mol. The Bertz CT molecular complexity index is 1230. The maximum absolute atomic E-state index is 14.1. The molecule has 0 bridgehead atoms. The Balaban J connectivity index is 1.19. The zero-order chi connectivity index (χ0) is 22.9. The number of benzene rings is 1. The van der Waals surface area contributed by atoms with E-state index in [1.807, 2.05) is 4.90 Å². The predicted octanol–water partition coefficient (Wildman–Crippen LogP) is 3.86. The average Bonchev–Trinajstić information content (AvgIpc) is 3.21. The van der Waals surface area contributed by atoms with Crippen molar-refractivity contribution in [2.75, 3.05) is 26.2 Å². The van der Waals surface area contributed by atoms with Crippen molar-refractivity contribution in [1.82, 2.24) is 19.4 Å². The van der Waals surface area contributed by atoms with Gasteiger partial charge in [0.2, 0.25) is 5.91 Å². The van der Waals surface area contributed by atoms with Crippen LogP contribution in [0.2, 0.25) is 5.02 Å². The molecule has 0 unspecified atom stereocenters. The van der Waals surface area contributed by atoms with Gasteiger partial charge in [0, 0.05) is 61.2 Å². The maximum atomic E-state index is 14.1. The van der Waals surface area contributed by atoms with Crippen LogP contribution in [0.5, 0.6) is 0 Å². The Labute approximate surface area is 200 Å². The molecule has 0 N–H and O–H groups in total. The van der Waals surface area contributed by atoms with Crippen molar-refractivity contribution in [2.45, 2.75) is 45.2 Å². The van der Waals surface area contributed by atoms with Crippen LogP contribution in [0, 0.1) is 5.82 Å². The van der Waals surface area contributed by atoms with Crippen molar-refractivity contribution in [2.24, 2.45) is 0 Å². The summed E-state index contributed by atoms with van der Waals surface area (Å²) in [5, 5.41) is 1.18. The molecule has 0 saturated carbocycles. The van der Waals surface area contributed by atoms with Gasteiger partial charge in [0.05, 0.1) is 11.7 Å². The molecular formula is C24H26ClFN4O2S. The summed E-state index contributed by atoms with van der Waals surface area (Å²) in [5.41, 5.74) is 1.64. The van der Waals surface area contributed by atoms with Gasteiger partial charge in [0.15, 0.2) is 0 Å². The quantitative estimate of drug-likeness (QED) is 0.547. The number of aromatic nitrogens is 2. The van der Waals surface area contributed by atoms with Crippen molar-refractivity contribution in [3.05, 3.63) is 61.7 Å². The van der Waals surface area contributed by atoms with E-state index >= 15 is 0 Å². The van der Waals surface area contributed by atoms with Gasteiger partial charge >= 0.3 is 0 Å². The average molecular weight is 489 g/mol. The first kappa shape index (κ1) is 22.5. The number of rotatable bonds is 5. The van der Waals surface area contributed by atoms with E-state index in [0.29, 0.717) is 49.9 Å². The number of nitrogens with zero attached hydrogens (tertiary/aromatic N) is 4. The summed E-state index contributed by atoms with van der Waals surface area (Å²) in [6.07, 6.45) is 6.10. The monoisotopic (exact) mass is 488 g/mol. The molecular weight excluding hydrogens is 463 g/mol. The fraction of sp³-hybridized carbons (Fsp3) is 0.458. The van der Waals surface area contributed by atoms with Crippen LogP contribution in [0.3, 0.4) is 0 Å². The summed E-state index contributed by atoms with van der Waals surface area (Å²) in [4.78, 5) is 36.4. The van der Waals surface area contributed by atoms with Gasteiger partial charge in [-0.3, -0.25) is 19.1 Å². The Morgan fingerprint density at radius 1 is 1.15 bits per heavy atom. The number of hydrogen-bond acceptors (Lipinski definition) is 5. The molecule has 3 heterocycles. The molecule has 6 nitrogen and oxygen atoms in total. The van der Waals surface area contributed by atoms with Crippen LogP contribution in [0.4, 0.5) is 4.39 Å². The molecule has 9 heteroatoms. The third kappa shape index (κ3) is 4.56. The fourth-order valence-corrected chi connectivity index (χ4v) is 6.22. The minimum atomic E-state index is -0.302. The molecule has 1 aliphatic heterocycles. The van der Waals surface area contributed by atoms with Crippen molar-refractivity contribution >= 4 is 39.1 Å². The molecule has 0 spiro atoms. The topological polar surface area (TPSA) is 58.4 Å². The summed E-state index contributed by atoms with van der Waals surface area (Å²) in [6, 6.07) is 4.71. The fourth-order valence-electron chi connectivity index (χ4n) is 4.78. The van der Waals surface area contributed by atoms with Gasteiger partial charge < -0.3 is 4.90 Å². The van der Waals surface area contributed by atoms with E-state index in [2.05, 4.69) is 9.88 Å². The van der Waals surface area contributed by atoms with Crippen LogP contribution in [0.15, 0.2) is 29.3 Å². The van der Waals surface area contributed by atoms with Crippen molar-refractivity contribution in [3.8, 4) is 0 Å². The summed E-state index contributed by atoms with van der Waals surface area (Å²) < 4.78 is 15.6. The zero-order valence-corrected chi connectivity index (χ0v) is 19.9. The summed E-state index contributed by atoms with van der Waals surface area (Å²) in [7, 11) is 0. The lowest BCUT2D eigenvalue weighted by molar-refractivity contribution is -0.133. The number of amides is 1. The second kappa shape index (κ2) is 9.52. The highest BCUT2D eigenvalue weighted by molar-refractivity contribution is 7.18. The van der Waals surface area contributed by atoms with Gasteiger partial charge in [0.25, 0.3) is 5.56 Å². The first-order chi connectivity index (χ1) is 16.0. The molecule has 1 aromatic carbocycles. The van der Waals surface area contributed by atoms with Crippen LogP contribution in [0.1, 0.15) is 35.3 Å². The van der Waals surface area contributed by atoms with E-state index in [0.717, 1.165) is 29.5 Å².